The molecule has 20 heavy (non-hydrogen) atoms. The minimum absolute atomic E-state index is 0.126. The zero-order valence-electron chi connectivity index (χ0n) is 11.9. The first-order valence-corrected chi connectivity index (χ1v) is 6.60. The number of hydrogen-bond donors (Lipinski definition) is 2. The van der Waals surface area contributed by atoms with Gasteiger partial charge in [-0.2, -0.15) is 0 Å². The van der Waals surface area contributed by atoms with Crippen LogP contribution in [0.5, 0.6) is 5.75 Å². The lowest BCUT2D eigenvalue weighted by atomic mass is 9.94. The van der Waals surface area contributed by atoms with E-state index < -0.39 is 11.4 Å². The summed E-state index contributed by atoms with van der Waals surface area (Å²) in [6, 6.07) is 9.39. The van der Waals surface area contributed by atoms with Crippen molar-refractivity contribution in [3.8, 4) is 5.75 Å². The summed E-state index contributed by atoms with van der Waals surface area (Å²) in [4.78, 5) is 22.4. The fraction of sp³-hybridized carbons (Fsp3) is 0.467. The topological polar surface area (TPSA) is 75.6 Å². The van der Waals surface area contributed by atoms with Crippen molar-refractivity contribution in [2.45, 2.75) is 26.7 Å². The van der Waals surface area contributed by atoms with E-state index in [4.69, 9.17) is 9.84 Å². The molecule has 0 saturated carbocycles. The van der Waals surface area contributed by atoms with Gasteiger partial charge in [-0.1, -0.05) is 18.2 Å². The molecular formula is C15H21NO4. The van der Waals surface area contributed by atoms with Crippen molar-refractivity contribution in [1.29, 1.82) is 0 Å². The average Bonchev–Trinajstić information content (AvgIpc) is 2.42. The lowest BCUT2D eigenvalue weighted by Gasteiger charge is -2.19. The van der Waals surface area contributed by atoms with Crippen molar-refractivity contribution in [1.82, 2.24) is 5.32 Å². The van der Waals surface area contributed by atoms with E-state index >= 15 is 0 Å². The first-order chi connectivity index (χ1) is 9.42. The Balaban J connectivity index is 2.16. The molecule has 0 aromatic heterocycles. The highest BCUT2D eigenvalue weighted by Crippen LogP contribution is 2.13. The molecular weight excluding hydrogens is 258 g/mol. The van der Waals surface area contributed by atoms with Crippen LogP contribution in [-0.2, 0) is 9.59 Å². The number of hydrogen-bond acceptors (Lipinski definition) is 3. The zero-order chi connectivity index (χ0) is 15.0. The molecule has 2 N–H and O–H groups in total. The number of nitrogens with one attached hydrogen (secondary N) is 1. The molecule has 1 rings (SSSR count). The summed E-state index contributed by atoms with van der Waals surface area (Å²) in [5.74, 6) is -0.305. The summed E-state index contributed by atoms with van der Waals surface area (Å²) < 4.78 is 5.47. The van der Waals surface area contributed by atoms with Gasteiger partial charge in [-0.25, -0.2) is 0 Å². The second kappa shape index (κ2) is 7.53. The van der Waals surface area contributed by atoms with E-state index in [0.717, 1.165) is 5.75 Å². The average molecular weight is 279 g/mol. The fourth-order valence-corrected chi connectivity index (χ4v) is 1.42. The molecule has 0 saturated heterocycles. The number of ether oxygens (including phenoxy) is 1. The molecule has 5 nitrogen and oxygen atoms in total. The number of carbonyl (C=O) groups excluding carboxylic acids is 1. The van der Waals surface area contributed by atoms with E-state index in [-0.39, 0.29) is 12.5 Å². The molecule has 1 aromatic rings. The van der Waals surface area contributed by atoms with Gasteiger partial charge in [-0.05, 0) is 32.4 Å². The van der Waals surface area contributed by atoms with E-state index in [0.29, 0.717) is 19.4 Å². The van der Waals surface area contributed by atoms with Gasteiger partial charge in [0.1, 0.15) is 5.75 Å². The van der Waals surface area contributed by atoms with E-state index in [9.17, 15) is 9.59 Å². The van der Waals surface area contributed by atoms with Gasteiger partial charge in [0, 0.05) is 13.0 Å². The van der Waals surface area contributed by atoms with Gasteiger partial charge in [0.2, 0.25) is 5.91 Å². The van der Waals surface area contributed by atoms with Crippen LogP contribution in [0, 0.1) is 5.41 Å². The number of rotatable bonds is 8. The van der Waals surface area contributed by atoms with Crippen LogP contribution in [0.4, 0.5) is 0 Å². The smallest absolute Gasteiger partial charge is 0.310 e. The number of benzene rings is 1. The molecule has 0 atom stereocenters. The maximum atomic E-state index is 11.6. The van der Waals surface area contributed by atoms with Crippen LogP contribution in [0.3, 0.4) is 0 Å². The van der Waals surface area contributed by atoms with Crippen molar-refractivity contribution in [3.63, 3.8) is 0 Å². The Bertz CT molecular complexity index is 442. The van der Waals surface area contributed by atoms with Gasteiger partial charge < -0.3 is 15.2 Å². The van der Waals surface area contributed by atoms with Gasteiger partial charge in [0.05, 0.1) is 12.0 Å². The highest BCUT2D eigenvalue weighted by atomic mass is 16.5. The molecule has 0 aliphatic carbocycles. The third-order valence-corrected chi connectivity index (χ3v) is 2.87. The third kappa shape index (κ3) is 5.73. The zero-order valence-corrected chi connectivity index (χ0v) is 11.9. The first kappa shape index (κ1) is 16.0. The Hall–Kier alpha value is -2.04. The van der Waals surface area contributed by atoms with Crippen molar-refractivity contribution in [3.05, 3.63) is 30.3 Å². The summed E-state index contributed by atoms with van der Waals surface area (Å²) in [5, 5.41) is 11.6. The van der Waals surface area contributed by atoms with Gasteiger partial charge >= 0.3 is 5.97 Å². The van der Waals surface area contributed by atoms with E-state index in [1.807, 2.05) is 30.3 Å². The maximum Gasteiger partial charge on any atom is 0.310 e. The molecule has 5 heteroatoms. The largest absolute Gasteiger partial charge is 0.494 e. The minimum Gasteiger partial charge on any atom is -0.494 e. The number of amides is 1. The van der Waals surface area contributed by atoms with E-state index in [1.165, 1.54) is 0 Å². The number of carboxylic acid groups (broad SMARTS) is 1. The van der Waals surface area contributed by atoms with Crippen molar-refractivity contribution < 1.29 is 19.4 Å². The molecule has 0 radical (unpaired) electrons. The molecule has 1 aromatic carbocycles. The Morgan fingerprint density at radius 1 is 1.25 bits per heavy atom. The summed E-state index contributed by atoms with van der Waals surface area (Å²) >= 11 is 0. The Labute approximate surface area is 118 Å². The second-order valence-electron chi connectivity index (χ2n) is 5.23. The third-order valence-electron chi connectivity index (χ3n) is 2.87. The summed E-state index contributed by atoms with van der Waals surface area (Å²) in [6.07, 6.45) is 0.913. The first-order valence-electron chi connectivity index (χ1n) is 6.60. The molecule has 1 amide bonds. The van der Waals surface area contributed by atoms with Crippen LogP contribution >= 0.6 is 0 Å². The van der Waals surface area contributed by atoms with Gasteiger partial charge in [0.25, 0.3) is 0 Å². The summed E-state index contributed by atoms with van der Waals surface area (Å²) in [7, 11) is 0. The maximum absolute atomic E-state index is 11.6. The van der Waals surface area contributed by atoms with E-state index in [2.05, 4.69) is 5.32 Å². The monoisotopic (exact) mass is 279 g/mol. The Morgan fingerprint density at radius 3 is 2.50 bits per heavy atom. The lowest BCUT2D eigenvalue weighted by molar-refractivity contribution is -0.146. The second-order valence-corrected chi connectivity index (χ2v) is 5.23. The van der Waals surface area contributed by atoms with Gasteiger partial charge in [-0.15, -0.1) is 0 Å². The summed E-state index contributed by atoms with van der Waals surface area (Å²) in [5.41, 5.74) is -0.948. The Morgan fingerprint density at radius 2 is 1.90 bits per heavy atom. The number of aliphatic carboxylic acids is 1. The SMILES string of the molecule is CC(C)(CNC(=O)CCCOc1ccccc1)C(=O)O. The molecule has 0 heterocycles. The number of para-hydroxylation sites is 1. The highest BCUT2D eigenvalue weighted by Gasteiger charge is 2.27. The number of carbonyl (C=O) groups is 2. The van der Waals surface area contributed by atoms with Crippen molar-refractivity contribution in [2.75, 3.05) is 13.2 Å². The molecule has 0 fully saturated rings. The molecule has 110 valence electrons. The summed E-state index contributed by atoms with van der Waals surface area (Å²) in [6.45, 7) is 3.74. The molecule has 0 unspecified atom stereocenters. The standard InChI is InChI=1S/C15H21NO4/c1-15(2,14(18)19)11-16-13(17)9-6-10-20-12-7-4-3-5-8-12/h3-5,7-8H,6,9-11H2,1-2H3,(H,16,17)(H,18,19). The van der Waals surface area contributed by atoms with Crippen molar-refractivity contribution in [2.24, 2.45) is 5.41 Å². The fourth-order valence-electron chi connectivity index (χ4n) is 1.42. The minimum atomic E-state index is -0.948. The van der Waals surface area contributed by atoms with Crippen LogP contribution < -0.4 is 10.1 Å². The molecule has 0 aliphatic heterocycles. The molecule has 0 spiro atoms. The predicted molar refractivity (Wildman–Crippen MR) is 75.6 cm³/mol. The molecule has 0 bridgehead atoms. The number of carboxylic acids is 1. The Kier molecular flexibility index (Phi) is 6.03. The van der Waals surface area contributed by atoms with Crippen LogP contribution in [0.25, 0.3) is 0 Å². The van der Waals surface area contributed by atoms with Crippen LogP contribution in [0.1, 0.15) is 26.7 Å². The predicted octanol–water partition coefficient (Wildman–Crippen LogP) is 2.07. The normalized spacial score (nSPS) is 10.9. The highest BCUT2D eigenvalue weighted by molar-refractivity contribution is 5.78. The molecule has 0 aliphatic rings. The van der Waals surface area contributed by atoms with Crippen LogP contribution in [0.2, 0.25) is 0 Å². The quantitative estimate of drug-likeness (QED) is 0.714. The van der Waals surface area contributed by atoms with Crippen molar-refractivity contribution >= 4 is 11.9 Å². The van der Waals surface area contributed by atoms with E-state index in [1.54, 1.807) is 13.8 Å². The van der Waals surface area contributed by atoms with Crippen LogP contribution in [0.15, 0.2) is 30.3 Å². The lowest BCUT2D eigenvalue weighted by Crippen LogP contribution is -2.38. The van der Waals surface area contributed by atoms with Gasteiger partial charge in [-0.3, -0.25) is 9.59 Å². The van der Waals surface area contributed by atoms with Crippen LogP contribution in [-0.4, -0.2) is 30.1 Å². The van der Waals surface area contributed by atoms with Gasteiger partial charge in [0.15, 0.2) is 0 Å².